The Kier molecular flexibility index (Phi) is 7.84. The number of carbonyl (C=O) groups excluding carboxylic acids is 2. The van der Waals surface area contributed by atoms with Crippen molar-refractivity contribution in [3.63, 3.8) is 0 Å². The number of methoxy groups -OCH3 is 1. The van der Waals surface area contributed by atoms with Gasteiger partial charge < -0.3 is 10.1 Å². The monoisotopic (exact) mass is 476 g/mol. The maximum atomic E-state index is 12.9. The van der Waals surface area contributed by atoms with E-state index in [0.29, 0.717) is 27.9 Å². The molecule has 0 fully saturated rings. The van der Waals surface area contributed by atoms with Crippen LogP contribution in [0, 0.1) is 18.8 Å². The smallest absolute Gasteiger partial charge is 0.337 e. The number of hydrogen-bond donors (Lipinski definition) is 2. The third kappa shape index (κ3) is 6.10. The van der Waals surface area contributed by atoms with Gasteiger partial charge in [0.1, 0.15) is 0 Å². The minimum atomic E-state index is -3.68. The maximum absolute atomic E-state index is 12.9. The molecule has 0 aliphatic rings. The number of anilines is 1. The third-order valence-electron chi connectivity index (χ3n) is 4.85. The van der Waals surface area contributed by atoms with Gasteiger partial charge in [0.2, 0.25) is 10.0 Å². The Morgan fingerprint density at radius 1 is 0.941 bits per heavy atom. The van der Waals surface area contributed by atoms with Crippen molar-refractivity contribution in [2.75, 3.05) is 19.0 Å². The molecule has 2 N–H and O–H groups in total. The van der Waals surface area contributed by atoms with Crippen LogP contribution in [0.3, 0.4) is 0 Å². The predicted octanol–water partition coefficient (Wildman–Crippen LogP) is 3.73. The van der Waals surface area contributed by atoms with Crippen LogP contribution in [0.15, 0.2) is 71.6 Å². The summed E-state index contributed by atoms with van der Waals surface area (Å²) in [7, 11) is -2.37. The highest BCUT2D eigenvalue weighted by atomic mass is 32.2. The highest BCUT2D eigenvalue weighted by Gasteiger charge is 2.17. The summed E-state index contributed by atoms with van der Waals surface area (Å²) in [6, 6.07) is 18.2. The number of ether oxygens (including phenoxy) is 1. The van der Waals surface area contributed by atoms with Gasteiger partial charge in [-0.25, -0.2) is 17.9 Å². The van der Waals surface area contributed by atoms with E-state index in [2.05, 4.69) is 21.9 Å². The molecule has 8 heteroatoms. The summed E-state index contributed by atoms with van der Waals surface area (Å²) in [6.45, 7) is 3.67. The molecule has 0 aliphatic heterocycles. The molecule has 0 spiro atoms. The van der Waals surface area contributed by atoms with Crippen molar-refractivity contribution in [3.05, 3.63) is 94.5 Å². The molecular weight excluding hydrogens is 452 g/mol. The number of nitrogens with one attached hydrogen (secondary N) is 2. The molecule has 34 heavy (non-hydrogen) atoms. The van der Waals surface area contributed by atoms with Crippen molar-refractivity contribution in [3.8, 4) is 11.8 Å². The summed E-state index contributed by atoms with van der Waals surface area (Å²) in [6.07, 6.45) is 0. The van der Waals surface area contributed by atoms with Crippen LogP contribution in [-0.4, -0.2) is 33.9 Å². The van der Waals surface area contributed by atoms with E-state index < -0.39 is 21.9 Å². The van der Waals surface area contributed by atoms with Crippen molar-refractivity contribution >= 4 is 27.6 Å². The van der Waals surface area contributed by atoms with Crippen molar-refractivity contribution in [1.82, 2.24) is 4.72 Å². The maximum Gasteiger partial charge on any atom is 0.337 e. The average Bonchev–Trinajstić information content (AvgIpc) is 2.82. The van der Waals surface area contributed by atoms with Gasteiger partial charge in [0, 0.05) is 28.9 Å². The first-order valence-corrected chi connectivity index (χ1v) is 11.9. The number of sulfonamides is 1. The van der Waals surface area contributed by atoms with Crippen LogP contribution in [0.1, 0.15) is 44.3 Å². The molecular formula is C26H24N2O5S. The molecule has 0 saturated carbocycles. The number of hydrogen-bond acceptors (Lipinski definition) is 5. The highest BCUT2D eigenvalue weighted by Crippen LogP contribution is 2.18. The second-order valence-corrected chi connectivity index (χ2v) is 9.10. The lowest BCUT2D eigenvalue weighted by Gasteiger charge is -2.11. The summed E-state index contributed by atoms with van der Waals surface area (Å²) >= 11 is 0. The largest absolute Gasteiger partial charge is 0.465 e. The summed E-state index contributed by atoms with van der Waals surface area (Å²) in [5.74, 6) is 5.14. The molecule has 174 valence electrons. The van der Waals surface area contributed by atoms with E-state index in [1.54, 1.807) is 68.4 Å². The topological polar surface area (TPSA) is 102 Å². The van der Waals surface area contributed by atoms with E-state index >= 15 is 0 Å². The Balaban J connectivity index is 1.81. The first-order chi connectivity index (χ1) is 16.2. The second-order valence-electron chi connectivity index (χ2n) is 7.34. The van der Waals surface area contributed by atoms with E-state index in [9.17, 15) is 18.0 Å². The molecule has 0 aromatic heterocycles. The van der Waals surface area contributed by atoms with Gasteiger partial charge >= 0.3 is 5.97 Å². The fourth-order valence-corrected chi connectivity index (χ4v) is 4.21. The summed E-state index contributed by atoms with van der Waals surface area (Å²) < 4.78 is 31.8. The summed E-state index contributed by atoms with van der Waals surface area (Å²) in [4.78, 5) is 24.6. The van der Waals surface area contributed by atoms with Crippen LogP contribution in [-0.2, 0) is 14.8 Å². The molecule has 0 saturated heterocycles. The third-order valence-corrected chi connectivity index (χ3v) is 6.40. The molecule has 0 bridgehead atoms. The first-order valence-electron chi connectivity index (χ1n) is 10.5. The van der Waals surface area contributed by atoms with E-state index in [1.165, 1.54) is 19.2 Å². The summed E-state index contributed by atoms with van der Waals surface area (Å²) in [5, 5.41) is 2.80. The molecule has 0 atom stereocenters. The zero-order valence-corrected chi connectivity index (χ0v) is 19.8. The SMILES string of the molecule is CCNS(=O)(=O)c1ccc(C)c(C(=O)Nc2cccc(C#Cc3cccc(C(=O)OC)c3)c2)c1. The summed E-state index contributed by atoms with van der Waals surface area (Å²) in [5.41, 5.74) is 3.13. The molecule has 0 heterocycles. The normalized spacial score (nSPS) is 10.7. The molecule has 7 nitrogen and oxygen atoms in total. The molecule has 3 aromatic rings. The molecule has 3 aromatic carbocycles. The number of rotatable bonds is 6. The van der Waals surface area contributed by atoms with Crippen LogP contribution in [0.25, 0.3) is 0 Å². The number of benzene rings is 3. The lowest BCUT2D eigenvalue weighted by Crippen LogP contribution is -2.24. The minimum absolute atomic E-state index is 0.0268. The Hall–Kier alpha value is -3.93. The molecule has 0 aliphatic carbocycles. The van der Waals surface area contributed by atoms with Crippen molar-refractivity contribution in [1.29, 1.82) is 0 Å². The van der Waals surface area contributed by atoms with Crippen LogP contribution < -0.4 is 10.0 Å². The number of aryl methyl sites for hydroxylation is 1. The Bertz CT molecular complexity index is 1400. The lowest BCUT2D eigenvalue weighted by molar-refractivity contribution is 0.0600. The number of carbonyl (C=O) groups is 2. The van der Waals surface area contributed by atoms with E-state index in [1.807, 2.05) is 0 Å². The zero-order valence-electron chi connectivity index (χ0n) is 19.0. The van der Waals surface area contributed by atoms with Gasteiger partial charge in [-0.05, 0) is 61.0 Å². The van der Waals surface area contributed by atoms with Crippen molar-refractivity contribution < 1.29 is 22.7 Å². The second kappa shape index (κ2) is 10.8. The van der Waals surface area contributed by atoms with Gasteiger partial charge in [-0.15, -0.1) is 0 Å². The van der Waals surface area contributed by atoms with Gasteiger partial charge in [-0.1, -0.05) is 37.0 Å². The quantitative estimate of drug-likeness (QED) is 0.417. The molecule has 0 radical (unpaired) electrons. The average molecular weight is 477 g/mol. The van der Waals surface area contributed by atoms with E-state index in [-0.39, 0.29) is 17.0 Å². The standard InChI is InChI=1S/C26H24N2O5S/c1-4-27-34(31,32)23-14-11-18(2)24(17-23)25(29)28-22-10-6-8-20(16-22)13-12-19-7-5-9-21(15-19)26(30)33-3/h5-11,14-17,27H,4H2,1-3H3,(H,28,29). The van der Waals surface area contributed by atoms with Crippen LogP contribution in [0.4, 0.5) is 5.69 Å². The van der Waals surface area contributed by atoms with Gasteiger partial charge in [0.05, 0.1) is 17.6 Å². The number of esters is 1. The van der Waals surface area contributed by atoms with Crippen LogP contribution >= 0.6 is 0 Å². The predicted molar refractivity (Wildman–Crippen MR) is 130 cm³/mol. The Morgan fingerprint density at radius 3 is 2.29 bits per heavy atom. The fraction of sp³-hybridized carbons (Fsp3) is 0.154. The van der Waals surface area contributed by atoms with Crippen molar-refractivity contribution in [2.24, 2.45) is 0 Å². The van der Waals surface area contributed by atoms with Gasteiger partial charge in [-0.2, -0.15) is 0 Å². The van der Waals surface area contributed by atoms with Crippen LogP contribution in [0.2, 0.25) is 0 Å². The van der Waals surface area contributed by atoms with E-state index in [4.69, 9.17) is 4.74 Å². The molecule has 0 unspecified atom stereocenters. The van der Waals surface area contributed by atoms with Crippen LogP contribution in [0.5, 0.6) is 0 Å². The van der Waals surface area contributed by atoms with Gasteiger partial charge in [0.25, 0.3) is 5.91 Å². The first kappa shape index (κ1) is 24.7. The van der Waals surface area contributed by atoms with Gasteiger partial charge in [0.15, 0.2) is 0 Å². The van der Waals surface area contributed by atoms with Crippen molar-refractivity contribution in [2.45, 2.75) is 18.7 Å². The van der Waals surface area contributed by atoms with E-state index in [0.717, 1.165) is 0 Å². The fourth-order valence-electron chi connectivity index (χ4n) is 3.15. The molecule has 3 rings (SSSR count). The lowest BCUT2D eigenvalue weighted by atomic mass is 10.1. The Morgan fingerprint density at radius 2 is 1.62 bits per heavy atom. The minimum Gasteiger partial charge on any atom is -0.465 e. The zero-order chi connectivity index (χ0) is 24.7. The number of amides is 1. The highest BCUT2D eigenvalue weighted by molar-refractivity contribution is 7.89. The molecule has 1 amide bonds. The van der Waals surface area contributed by atoms with Gasteiger partial charge in [-0.3, -0.25) is 4.79 Å². The Labute approximate surface area is 199 Å².